The van der Waals surface area contributed by atoms with Gasteiger partial charge in [-0.05, 0) is 42.3 Å². The van der Waals surface area contributed by atoms with Crippen LogP contribution in [0, 0.1) is 17.1 Å². The number of nitriles is 1. The highest BCUT2D eigenvalue weighted by atomic mass is 19.1. The molecule has 0 spiro atoms. The molecule has 0 saturated heterocycles. The van der Waals surface area contributed by atoms with Crippen LogP contribution in [0.2, 0.25) is 0 Å². The third-order valence-corrected chi connectivity index (χ3v) is 3.11. The van der Waals surface area contributed by atoms with E-state index in [9.17, 15) is 9.65 Å². The van der Waals surface area contributed by atoms with E-state index in [1.54, 1.807) is 42.4 Å². The third kappa shape index (κ3) is 4.07. The Kier molecular flexibility index (Phi) is 5.32. The van der Waals surface area contributed by atoms with Crippen molar-refractivity contribution in [2.24, 2.45) is 4.99 Å². The molecular formula is C18H18FN3O. The summed E-state index contributed by atoms with van der Waals surface area (Å²) in [5.41, 5.74) is 2.46. The van der Waals surface area contributed by atoms with Crippen molar-refractivity contribution in [2.75, 3.05) is 20.7 Å². The first-order valence-electron chi connectivity index (χ1n) is 7.22. The SMILES string of the molecule is CCOc1ccc(-c2ccc(N=CN(C)C)c(C#N)c2)cc1F. The average Bonchev–Trinajstić information content (AvgIpc) is 2.54. The van der Waals surface area contributed by atoms with Crippen LogP contribution in [0.1, 0.15) is 12.5 Å². The van der Waals surface area contributed by atoms with Crippen LogP contribution in [0.4, 0.5) is 10.1 Å². The van der Waals surface area contributed by atoms with Gasteiger partial charge in [-0.3, -0.25) is 0 Å². The molecule has 5 heteroatoms. The van der Waals surface area contributed by atoms with Crippen LogP contribution >= 0.6 is 0 Å². The monoisotopic (exact) mass is 311 g/mol. The highest BCUT2D eigenvalue weighted by Gasteiger charge is 2.08. The molecule has 2 rings (SSSR count). The lowest BCUT2D eigenvalue weighted by Gasteiger charge is -2.08. The Morgan fingerprint density at radius 2 is 1.91 bits per heavy atom. The Balaban J connectivity index is 2.38. The van der Waals surface area contributed by atoms with Crippen LogP contribution in [0.25, 0.3) is 11.1 Å². The first-order valence-corrected chi connectivity index (χ1v) is 7.22. The van der Waals surface area contributed by atoms with Crippen molar-refractivity contribution in [1.82, 2.24) is 4.90 Å². The van der Waals surface area contributed by atoms with Gasteiger partial charge >= 0.3 is 0 Å². The molecule has 0 fully saturated rings. The topological polar surface area (TPSA) is 48.6 Å². The summed E-state index contributed by atoms with van der Waals surface area (Å²) in [6.07, 6.45) is 1.63. The van der Waals surface area contributed by atoms with E-state index in [-0.39, 0.29) is 5.75 Å². The maximum atomic E-state index is 14.0. The largest absolute Gasteiger partial charge is 0.491 e. The number of ether oxygens (including phenoxy) is 1. The Bertz CT molecular complexity index is 763. The number of halogens is 1. The van der Waals surface area contributed by atoms with Crippen molar-refractivity contribution in [3.63, 3.8) is 0 Å². The second-order valence-electron chi connectivity index (χ2n) is 5.13. The lowest BCUT2D eigenvalue weighted by molar-refractivity contribution is 0.321. The maximum Gasteiger partial charge on any atom is 0.165 e. The summed E-state index contributed by atoms with van der Waals surface area (Å²) >= 11 is 0. The van der Waals surface area contributed by atoms with Crippen LogP contribution in [0.5, 0.6) is 5.75 Å². The summed E-state index contributed by atoms with van der Waals surface area (Å²) < 4.78 is 19.2. The molecule has 0 N–H and O–H groups in total. The number of hydrogen-bond acceptors (Lipinski definition) is 3. The number of rotatable bonds is 5. The van der Waals surface area contributed by atoms with Crippen LogP contribution in [0.15, 0.2) is 41.4 Å². The van der Waals surface area contributed by atoms with Gasteiger partial charge < -0.3 is 9.64 Å². The summed E-state index contributed by atoms with van der Waals surface area (Å²) in [7, 11) is 3.71. The fraction of sp³-hybridized carbons (Fsp3) is 0.222. The molecule has 0 aromatic heterocycles. The van der Waals surface area contributed by atoms with E-state index < -0.39 is 5.82 Å². The maximum absolute atomic E-state index is 14.0. The predicted molar refractivity (Wildman–Crippen MR) is 89.6 cm³/mol. The van der Waals surface area contributed by atoms with Crippen LogP contribution in [-0.4, -0.2) is 31.9 Å². The molecule has 4 nitrogen and oxygen atoms in total. The molecule has 0 saturated carbocycles. The fourth-order valence-electron chi connectivity index (χ4n) is 2.05. The molecule has 118 valence electrons. The van der Waals surface area contributed by atoms with Crippen molar-refractivity contribution in [3.8, 4) is 22.9 Å². The Morgan fingerprint density at radius 3 is 2.52 bits per heavy atom. The molecule has 0 bridgehead atoms. The van der Waals surface area contributed by atoms with Gasteiger partial charge in [-0.25, -0.2) is 9.38 Å². The second-order valence-corrected chi connectivity index (χ2v) is 5.13. The van der Waals surface area contributed by atoms with Gasteiger partial charge in [-0.1, -0.05) is 12.1 Å². The van der Waals surface area contributed by atoms with E-state index in [2.05, 4.69) is 11.1 Å². The van der Waals surface area contributed by atoms with E-state index in [4.69, 9.17) is 4.74 Å². The molecule has 0 amide bonds. The minimum atomic E-state index is -0.419. The molecule has 0 aliphatic carbocycles. The molecule has 23 heavy (non-hydrogen) atoms. The van der Waals surface area contributed by atoms with Gasteiger partial charge in [0.1, 0.15) is 6.07 Å². The van der Waals surface area contributed by atoms with Crippen molar-refractivity contribution in [2.45, 2.75) is 6.92 Å². The molecule has 0 heterocycles. The zero-order valence-electron chi connectivity index (χ0n) is 13.4. The highest BCUT2D eigenvalue weighted by molar-refractivity contribution is 5.72. The molecule has 0 radical (unpaired) electrons. The van der Waals surface area contributed by atoms with Gasteiger partial charge in [0.15, 0.2) is 11.6 Å². The normalized spacial score (nSPS) is 10.6. The highest BCUT2D eigenvalue weighted by Crippen LogP contribution is 2.29. The van der Waals surface area contributed by atoms with Crippen molar-refractivity contribution >= 4 is 12.0 Å². The van der Waals surface area contributed by atoms with Gasteiger partial charge in [-0.15, -0.1) is 0 Å². The zero-order chi connectivity index (χ0) is 16.8. The standard InChI is InChI=1S/C18H18FN3O/c1-4-23-18-8-6-14(10-16(18)19)13-5-7-17(15(9-13)11-20)21-12-22(2)3/h5-10,12H,4H2,1-3H3. The van der Waals surface area contributed by atoms with E-state index >= 15 is 0 Å². The predicted octanol–water partition coefficient (Wildman–Crippen LogP) is 3.98. The number of aliphatic imine (C=N–C) groups is 1. The smallest absolute Gasteiger partial charge is 0.165 e. The van der Waals surface area contributed by atoms with Crippen LogP contribution in [0.3, 0.4) is 0 Å². The Labute approximate surface area is 135 Å². The molecule has 0 aliphatic heterocycles. The summed E-state index contributed by atoms with van der Waals surface area (Å²) in [6, 6.07) is 12.2. The summed E-state index contributed by atoms with van der Waals surface area (Å²) in [4.78, 5) is 6.04. The lowest BCUT2D eigenvalue weighted by Crippen LogP contribution is -2.07. The van der Waals surface area contributed by atoms with Gasteiger partial charge in [0.25, 0.3) is 0 Å². The quantitative estimate of drug-likeness (QED) is 0.620. The van der Waals surface area contributed by atoms with Crippen molar-refractivity contribution in [1.29, 1.82) is 5.26 Å². The molecule has 0 atom stereocenters. The van der Waals surface area contributed by atoms with Gasteiger partial charge in [0.2, 0.25) is 0 Å². The minimum Gasteiger partial charge on any atom is -0.491 e. The zero-order valence-corrected chi connectivity index (χ0v) is 13.4. The first kappa shape index (κ1) is 16.5. The molecule has 2 aromatic carbocycles. The van der Waals surface area contributed by atoms with Crippen molar-refractivity contribution < 1.29 is 9.13 Å². The van der Waals surface area contributed by atoms with Crippen molar-refractivity contribution in [3.05, 3.63) is 47.8 Å². The third-order valence-electron chi connectivity index (χ3n) is 3.11. The Hall–Kier alpha value is -2.87. The average molecular weight is 311 g/mol. The van der Waals surface area contributed by atoms with E-state index in [1.165, 1.54) is 6.07 Å². The summed E-state index contributed by atoms with van der Waals surface area (Å²) in [6.45, 7) is 2.22. The fourth-order valence-corrected chi connectivity index (χ4v) is 2.05. The molecule has 0 aliphatic rings. The molecule has 2 aromatic rings. The van der Waals surface area contributed by atoms with Crippen LogP contribution in [-0.2, 0) is 0 Å². The second kappa shape index (κ2) is 7.41. The van der Waals surface area contributed by atoms with Gasteiger partial charge in [-0.2, -0.15) is 5.26 Å². The number of nitrogens with zero attached hydrogens (tertiary/aromatic N) is 3. The minimum absolute atomic E-state index is 0.226. The Morgan fingerprint density at radius 1 is 1.22 bits per heavy atom. The molecular weight excluding hydrogens is 293 g/mol. The van der Waals surface area contributed by atoms with E-state index in [0.717, 1.165) is 5.56 Å². The van der Waals surface area contributed by atoms with Crippen LogP contribution < -0.4 is 4.74 Å². The van der Waals surface area contributed by atoms with Gasteiger partial charge in [0, 0.05) is 14.1 Å². The van der Waals surface area contributed by atoms with E-state index in [0.29, 0.717) is 23.4 Å². The lowest BCUT2D eigenvalue weighted by atomic mass is 10.0. The van der Waals surface area contributed by atoms with E-state index in [1.807, 2.05) is 20.2 Å². The molecule has 0 unspecified atom stereocenters. The number of benzene rings is 2. The summed E-state index contributed by atoms with van der Waals surface area (Å²) in [5, 5.41) is 9.29. The van der Waals surface area contributed by atoms with Gasteiger partial charge in [0.05, 0.1) is 24.2 Å². The first-order chi connectivity index (χ1) is 11.0. The summed E-state index contributed by atoms with van der Waals surface area (Å²) in [5.74, 6) is -0.193. The number of hydrogen-bond donors (Lipinski definition) is 0.